The molecule has 150 valence electrons. The molecular weight excluding hydrogens is 392 g/mol. The van der Waals surface area contributed by atoms with Crippen LogP contribution in [-0.4, -0.2) is 31.3 Å². The van der Waals surface area contributed by atoms with Crippen LogP contribution in [0.1, 0.15) is 53.8 Å². The number of nitrogens with one attached hydrogen (secondary N) is 1. The van der Waals surface area contributed by atoms with Gasteiger partial charge in [-0.15, -0.1) is 10.2 Å². The highest BCUT2D eigenvalue weighted by atomic mass is 32.2. The highest BCUT2D eigenvalue weighted by Gasteiger charge is 2.36. The fraction of sp³-hybridized carbons (Fsp3) is 0.292. The van der Waals surface area contributed by atoms with E-state index in [4.69, 9.17) is 0 Å². The van der Waals surface area contributed by atoms with Gasteiger partial charge in [-0.05, 0) is 37.3 Å². The molecular formula is C24H22N4OS. The largest absolute Gasteiger partial charge is 0.354 e. The molecule has 2 fully saturated rings. The lowest BCUT2D eigenvalue weighted by Crippen LogP contribution is -2.06. The number of fused-ring (bicyclic) bond motifs is 1. The first-order valence-corrected chi connectivity index (χ1v) is 11.5. The van der Waals surface area contributed by atoms with E-state index in [1.165, 1.54) is 37.4 Å². The molecule has 6 rings (SSSR count). The number of Topliss-reactive ketones (excluding diaryl/α,β-unsaturated/α-hetero) is 1. The van der Waals surface area contributed by atoms with Crippen LogP contribution in [0.4, 0.5) is 0 Å². The lowest BCUT2D eigenvalue weighted by atomic mass is 10.0. The summed E-state index contributed by atoms with van der Waals surface area (Å²) in [5.41, 5.74) is 3.68. The zero-order valence-corrected chi connectivity index (χ0v) is 17.4. The van der Waals surface area contributed by atoms with Gasteiger partial charge in [-0.3, -0.25) is 4.79 Å². The molecule has 0 unspecified atom stereocenters. The molecule has 2 aromatic heterocycles. The number of nitrogens with zero attached hydrogens (tertiary/aromatic N) is 3. The van der Waals surface area contributed by atoms with Crippen molar-refractivity contribution in [3.05, 3.63) is 66.0 Å². The summed E-state index contributed by atoms with van der Waals surface area (Å²) >= 11 is 1.53. The van der Waals surface area contributed by atoms with Crippen LogP contribution in [0.15, 0.2) is 59.8 Å². The first-order chi connectivity index (χ1) is 14.8. The maximum absolute atomic E-state index is 13.4. The Kier molecular flexibility index (Phi) is 4.27. The van der Waals surface area contributed by atoms with Crippen molar-refractivity contribution < 1.29 is 4.79 Å². The fourth-order valence-electron chi connectivity index (χ4n) is 4.14. The van der Waals surface area contributed by atoms with Crippen LogP contribution in [0.3, 0.4) is 0 Å². The number of hydrogen-bond donors (Lipinski definition) is 1. The first-order valence-electron chi connectivity index (χ1n) is 10.6. The van der Waals surface area contributed by atoms with Gasteiger partial charge < -0.3 is 9.55 Å². The smallest absolute Gasteiger partial charge is 0.191 e. The van der Waals surface area contributed by atoms with Gasteiger partial charge in [-0.1, -0.05) is 60.3 Å². The molecule has 2 aliphatic rings. The van der Waals surface area contributed by atoms with Gasteiger partial charge in [0.2, 0.25) is 0 Å². The standard InChI is InChI=1S/C24H22N4OS/c29-20(14-30-24-27-26-23(16-10-11-16)28(24)17-12-13-17)21-18-8-4-5-9-19(18)25-22(21)15-6-2-1-3-7-15/h1-9,16-17,25H,10-14H2. The first kappa shape index (κ1) is 18.0. The van der Waals surface area contributed by atoms with Crippen molar-refractivity contribution in [3.8, 4) is 11.3 Å². The Labute approximate surface area is 178 Å². The quantitative estimate of drug-likeness (QED) is 0.315. The predicted octanol–water partition coefficient (Wildman–Crippen LogP) is 5.61. The Morgan fingerprint density at radius 2 is 1.77 bits per heavy atom. The zero-order valence-electron chi connectivity index (χ0n) is 16.5. The summed E-state index contributed by atoms with van der Waals surface area (Å²) in [6.07, 6.45) is 4.81. The molecule has 4 aromatic rings. The van der Waals surface area contributed by atoms with E-state index in [1.807, 2.05) is 54.6 Å². The minimum atomic E-state index is 0.120. The van der Waals surface area contributed by atoms with E-state index in [0.717, 1.165) is 38.7 Å². The van der Waals surface area contributed by atoms with Gasteiger partial charge in [0, 0.05) is 22.9 Å². The number of ketones is 1. The second-order valence-electron chi connectivity index (χ2n) is 8.21. The Balaban J connectivity index is 1.33. The predicted molar refractivity (Wildman–Crippen MR) is 119 cm³/mol. The normalized spacial score (nSPS) is 16.3. The topological polar surface area (TPSA) is 63.6 Å². The average Bonchev–Trinajstić information content (AvgIpc) is 3.72. The Bertz CT molecular complexity index is 1230. The molecule has 2 aromatic carbocycles. The molecule has 0 radical (unpaired) electrons. The lowest BCUT2D eigenvalue weighted by molar-refractivity contribution is 0.102. The molecule has 2 saturated carbocycles. The second kappa shape index (κ2) is 7.13. The molecule has 2 aliphatic carbocycles. The van der Waals surface area contributed by atoms with E-state index in [1.54, 1.807) is 0 Å². The number of para-hydroxylation sites is 1. The van der Waals surface area contributed by atoms with Crippen LogP contribution in [0, 0.1) is 0 Å². The molecule has 0 amide bonds. The molecule has 5 nitrogen and oxygen atoms in total. The third-order valence-electron chi connectivity index (χ3n) is 5.93. The number of rotatable bonds is 7. The summed E-state index contributed by atoms with van der Waals surface area (Å²) in [6, 6.07) is 18.6. The van der Waals surface area contributed by atoms with E-state index >= 15 is 0 Å². The molecule has 2 heterocycles. The van der Waals surface area contributed by atoms with E-state index in [-0.39, 0.29) is 5.78 Å². The molecule has 6 heteroatoms. The maximum atomic E-state index is 13.4. The van der Waals surface area contributed by atoms with E-state index in [2.05, 4.69) is 19.7 Å². The van der Waals surface area contributed by atoms with Crippen molar-refractivity contribution in [2.75, 3.05) is 5.75 Å². The van der Waals surface area contributed by atoms with E-state index in [0.29, 0.717) is 17.7 Å². The van der Waals surface area contributed by atoms with Crippen molar-refractivity contribution in [2.45, 2.75) is 42.8 Å². The maximum Gasteiger partial charge on any atom is 0.191 e. The van der Waals surface area contributed by atoms with Crippen LogP contribution in [0.2, 0.25) is 0 Å². The van der Waals surface area contributed by atoms with Crippen LogP contribution in [-0.2, 0) is 0 Å². The van der Waals surface area contributed by atoms with Crippen molar-refractivity contribution in [2.24, 2.45) is 0 Å². The third-order valence-corrected chi connectivity index (χ3v) is 6.87. The summed E-state index contributed by atoms with van der Waals surface area (Å²) in [7, 11) is 0. The van der Waals surface area contributed by atoms with Crippen LogP contribution in [0.25, 0.3) is 22.2 Å². The van der Waals surface area contributed by atoms with E-state index in [9.17, 15) is 4.79 Å². The van der Waals surface area contributed by atoms with Crippen molar-refractivity contribution in [1.82, 2.24) is 19.7 Å². The summed E-state index contributed by atoms with van der Waals surface area (Å²) in [5.74, 6) is 2.18. The SMILES string of the molecule is O=C(CSc1nnc(C2CC2)n1C1CC1)c1c(-c2ccccc2)[nH]c2ccccc12. The summed E-state index contributed by atoms with van der Waals surface area (Å²) in [5, 5.41) is 10.8. The summed E-state index contributed by atoms with van der Waals surface area (Å²) < 4.78 is 2.31. The van der Waals surface area contributed by atoms with Gasteiger partial charge >= 0.3 is 0 Å². The summed E-state index contributed by atoms with van der Waals surface area (Å²) in [6.45, 7) is 0. The fourth-order valence-corrected chi connectivity index (χ4v) is 5.02. The minimum Gasteiger partial charge on any atom is -0.354 e. The monoisotopic (exact) mass is 414 g/mol. The van der Waals surface area contributed by atoms with Crippen LogP contribution in [0.5, 0.6) is 0 Å². The van der Waals surface area contributed by atoms with Crippen LogP contribution < -0.4 is 0 Å². The van der Waals surface area contributed by atoms with Crippen molar-refractivity contribution in [1.29, 1.82) is 0 Å². The van der Waals surface area contributed by atoms with Gasteiger partial charge in [-0.2, -0.15) is 0 Å². The molecule has 0 bridgehead atoms. The van der Waals surface area contributed by atoms with Crippen molar-refractivity contribution in [3.63, 3.8) is 0 Å². The Morgan fingerprint density at radius 3 is 2.53 bits per heavy atom. The second-order valence-corrected chi connectivity index (χ2v) is 9.16. The van der Waals surface area contributed by atoms with Gasteiger partial charge in [0.15, 0.2) is 10.9 Å². The molecule has 0 atom stereocenters. The van der Waals surface area contributed by atoms with Gasteiger partial charge in [0.25, 0.3) is 0 Å². The van der Waals surface area contributed by atoms with Crippen LogP contribution >= 0.6 is 11.8 Å². The van der Waals surface area contributed by atoms with E-state index < -0.39 is 0 Å². The number of hydrogen-bond acceptors (Lipinski definition) is 4. The number of aromatic nitrogens is 4. The lowest BCUT2D eigenvalue weighted by Gasteiger charge is -2.08. The number of aromatic amines is 1. The minimum absolute atomic E-state index is 0.120. The number of carbonyl (C=O) groups is 1. The van der Waals surface area contributed by atoms with Gasteiger partial charge in [0.05, 0.1) is 17.0 Å². The van der Waals surface area contributed by atoms with Gasteiger partial charge in [0.1, 0.15) is 5.82 Å². The Morgan fingerprint density at radius 1 is 1.00 bits per heavy atom. The molecule has 0 aliphatic heterocycles. The highest BCUT2D eigenvalue weighted by molar-refractivity contribution is 7.99. The molecule has 30 heavy (non-hydrogen) atoms. The molecule has 0 saturated heterocycles. The number of benzene rings is 2. The highest BCUT2D eigenvalue weighted by Crippen LogP contribution is 2.46. The zero-order chi connectivity index (χ0) is 20.1. The summed E-state index contributed by atoms with van der Waals surface area (Å²) in [4.78, 5) is 16.9. The molecule has 0 spiro atoms. The van der Waals surface area contributed by atoms with Crippen molar-refractivity contribution >= 4 is 28.4 Å². The molecule has 1 N–H and O–H groups in total. The number of H-pyrrole nitrogens is 1. The third kappa shape index (κ3) is 3.16. The Hall–Kier alpha value is -2.86. The number of thioether (sulfide) groups is 1. The number of carbonyl (C=O) groups excluding carboxylic acids is 1. The van der Waals surface area contributed by atoms with Gasteiger partial charge in [-0.25, -0.2) is 0 Å². The average molecular weight is 415 g/mol.